The molecule has 0 atom stereocenters. The van der Waals surface area contributed by atoms with E-state index >= 15 is 0 Å². The lowest BCUT2D eigenvalue weighted by molar-refractivity contribution is 0.567. The molecule has 0 unspecified atom stereocenters. The lowest BCUT2D eigenvalue weighted by atomic mass is 10.1. The first-order valence-electron chi connectivity index (χ1n) is 6.64. The van der Waals surface area contributed by atoms with Crippen LogP contribution in [0.25, 0.3) is 0 Å². The number of hydrogen-bond donors (Lipinski definition) is 1. The third-order valence-corrected chi connectivity index (χ3v) is 3.17. The standard InChI is InChI=1S/C13H22N4/c1-3-7-11-10-12(14-2)16-13(15-11)17-8-5-4-6-9-17/h10H,3-9H2,1-2H3,(H,14,15,16). The van der Waals surface area contributed by atoms with E-state index in [4.69, 9.17) is 0 Å². The Balaban J connectivity index is 2.21. The molecule has 1 N–H and O–H groups in total. The number of anilines is 2. The van der Waals surface area contributed by atoms with E-state index in [1.807, 2.05) is 7.05 Å². The number of aryl methyl sites for hydroxylation is 1. The average Bonchev–Trinajstić information content (AvgIpc) is 2.40. The Morgan fingerprint density at radius 3 is 2.65 bits per heavy atom. The summed E-state index contributed by atoms with van der Waals surface area (Å²) in [6.07, 6.45) is 6.01. The van der Waals surface area contributed by atoms with Gasteiger partial charge < -0.3 is 10.2 Å². The minimum absolute atomic E-state index is 0.903. The van der Waals surface area contributed by atoms with Gasteiger partial charge in [-0.2, -0.15) is 4.98 Å². The second-order valence-corrected chi connectivity index (χ2v) is 4.59. The van der Waals surface area contributed by atoms with Gasteiger partial charge in [0.1, 0.15) is 5.82 Å². The molecular formula is C13H22N4. The van der Waals surface area contributed by atoms with Crippen molar-refractivity contribution in [3.63, 3.8) is 0 Å². The van der Waals surface area contributed by atoms with Gasteiger partial charge in [-0.1, -0.05) is 13.3 Å². The van der Waals surface area contributed by atoms with Gasteiger partial charge in [-0.3, -0.25) is 0 Å². The molecule has 0 saturated carbocycles. The van der Waals surface area contributed by atoms with Crippen LogP contribution in [-0.4, -0.2) is 30.1 Å². The van der Waals surface area contributed by atoms with Crippen LogP contribution in [0, 0.1) is 0 Å². The van der Waals surface area contributed by atoms with E-state index in [9.17, 15) is 0 Å². The molecule has 17 heavy (non-hydrogen) atoms. The van der Waals surface area contributed by atoms with Gasteiger partial charge in [0, 0.05) is 31.9 Å². The number of aromatic nitrogens is 2. The first kappa shape index (κ1) is 12.1. The van der Waals surface area contributed by atoms with Crippen molar-refractivity contribution in [3.05, 3.63) is 11.8 Å². The number of piperidine rings is 1. The van der Waals surface area contributed by atoms with Crippen LogP contribution in [0.2, 0.25) is 0 Å². The molecule has 4 nitrogen and oxygen atoms in total. The maximum Gasteiger partial charge on any atom is 0.227 e. The fourth-order valence-electron chi connectivity index (χ4n) is 2.23. The Labute approximate surface area is 103 Å². The van der Waals surface area contributed by atoms with Crippen molar-refractivity contribution < 1.29 is 0 Å². The van der Waals surface area contributed by atoms with Crippen molar-refractivity contribution in [2.75, 3.05) is 30.4 Å². The summed E-state index contributed by atoms with van der Waals surface area (Å²) in [6.45, 7) is 4.37. The van der Waals surface area contributed by atoms with E-state index in [2.05, 4.69) is 33.2 Å². The highest BCUT2D eigenvalue weighted by Gasteiger charge is 2.14. The van der Waals surface area contributed by atoms with Gasteiger partial charge in [-0.25, -0.2) is 4.98 Å². The summed E-state index contributed by atoms with van der Waals surface area (Å²) in [5.41, 5.74) is 1.15. The molecule has 2 rings (SSSR count). The number of hydrogen-bond acceptors (Lipinski definition) is 4. The fourth-order valence-corrected chi connectivity index (χ4v) is 2.23. The molecule has 0 amide bonds. The van der Waals surface area contributed by atoms with Crippen molar-refractivity contribution >= 4 is 11.8 Å². The van der Waals surface area contributed by atoms with Crippen molar-refractivity contribution in [3.8, 4) is 0 Å². The van der Waals surface area contributed by atoms with Crippen LogP contribution >= 0.6 is 0 Å². The maximum atomic E-state index is 4.67. The molecule has 0 aliphatic carbocycles. The second kappa shape index (κ2) is 5.84. The second-order valence-electron chi connectivity index (χ2n) is 4.59. The minimum atomic E-state index is 0.903. The van der Waals surface area contributed by atoms with Gasteiger partial charge in [0.05, 0.1) is 0 Å². The molecule has 2 heterocycles. The smallest absolute Gasteiger partial charge is 0.227 e. The molecule has 4 heteroatoms. The van der Waals surface area contributed by atoms with Gasteiger partial charge in [0.2, 0.25) is 5.95 Å². The molecular weight excluding hydrogens is 212 g/mol. The first-order valence-corrected chi connectivity index (χ1v) is 6.64. The van der Waals surface area contributed by atoms with Crippen LogP contribution in [-0.2, 0) is 6.42 Å². The summed E-state index contributed by atoms with van der Waals surface area (Å²) in [4.78, 5) is 11.5. The minimum Gasteiger partial charge on any atom is -0.373 e. The fraction of sp³-hybridized carbons (Fsp3) is 0.692. The zero-order chi connectivity index (χ0) is 12.1. The molecule has 1 aliphatic heterocycles. The lowest BCUT2D eigenvalue weighted by Crippen LogP contribution is -2.31. The lowest BCUT2D eigenvalue weighted by Gasteiger charge is -2.27. The number of rotatable bonds is 4. The Bertz CT molecular complexity index is 358. The molecule has 0 spiro atoms. The third-order valence-electron chi connectivity index (χ3n) is 3.17. The van der Waals surface area contributed by atoms with Gasteiger partial charge >= 0.3 is 0 Å². The summed E-state index contributed by atoms with van der Waals surface area (Å²) < 4.78 is 0. The summed E-state index contributed by atoms with van der Waals surface area (Å²) in [5, 5.41) is 3.13. The van der Waals surface area contributed by atoms with Gasteiger partial charge in [-0.15, -0.1) is 0 Å². The van der Waals surface area contributed by atoms with E-state index in [-0.39, 0.29) is 0 Å². The normalized spacial score (nSPS) is 16.0. The van der Waals surface area contributed by atoms with E-state index in [0.29, 0.717) is 0 Å². The van der Waals surface area contributed by atoms with E-state index in [0.717, 1.165) is 43.4 Å². The number of nitrogens with one attached hydrogen (secondary N) is 1. The SMILES string of the molecule is CCCc1cc(NC)nc(N2CCCCC2)n1. The summed E-state index contributed by atoms with van der Waals surface area (Å²) in [6, 6.07) is 2.05. The van der Waals surface area contributed by atoms with Crippen LogP contribution in [0.4, 0.5) is 11.8 Å². The molecule has 94 valence electrons. The van der Waals surface area contributed by atoms with Crippen molar-refractivity contribution in [1.82, 2.24) is 9.97 Å². The van der Waals surface area contributed by atoms with Crippen LogP contribution in [0.1, 0.15) is 38.3 Å². The largest absolute Gasteiger partial charge is 0.373 e. The highest BCUT2D eigenvalue weighted by atomic mass is 15.3. The molecule has 0 radical (unpaired) electrons. The van der Waals surface area contributed by atoms with Gasteiger partial charge in [0.25, 0.3) is 0 Å². The van der Waals surface area contributed by atoms with Crippen molar-refractivity contribution in [2.24, 2.45) is 0 Å². The summed E-state index contributed by atoms with van der Waals surface area (Å²) in [5.74, 6) is 1.84. The zero-order valence-corrected chi connectivity index (χ0v) is 10.9. The summed E-state index contributed by atoms with van der Waals surface area (Å²) >= 11 is 0. The highest BCUT2D eigenvalue weighted by Crippen LogP contribution is 2.18. The quantitative estimate of drug-likeness (QED) is 0.869. The van der Waals surface area contributed by atoms with Crippen LogP contribution in [0.5, 0.6) is 0 Å². The zero-order valence-electron chi connectivity index (χ0n) is 10.9. The predicted molar refractivity (Wildman–Crippen MR) is 71.6 cm³/mol. The Morgan fingerprint density at radius 1 is 1.24 bits per heavy atom. The molecule has 1 aliphatic rings. The molecule has 0 aromatic carbocycles. The third kappa shape index (κ3) is 3.08. The average molecular weight is 234 g/mol. The molecule has 1 aromatic heterocycles. The van der Waals surface area contributed by atoms with Gasteiger partial charge in [0.15, 0.2) is 0 Å². The van der Waals surface area contributed by atoms with Crippen molar-refractivity contribution in [1.29, 1.82) is 0 Å². The van der Waals surface area contributed by atoms with E-state index in [1.54, 1.807) is 0 Å². The maximum absolute atomic E-state index is 4.67. The molecule has 1 aromatic rings. The highest BCUT2D eigenvalue weighted by molar-refractivity contribution is 5.43. The van der Waals surface area contributed by atoms with Gasteiger partial charge in [-0.05, 0) is 25.7 Å². The Kier molecular flexibility index (Phi) is 4.18. The first-order chi connectivity index (χ1) is 8.33. The number of nitrogens with zero attached hydrogens (tertiary/aromatic N) is 3. The molecule has 0 bridgehead atoms. The molecule has 1 fully saturated rings. The molecule has 1 saturated heterocycles. The topological polar surface area (TPSA) is 41.1 Å². The predicted octanol–water partition coefficient (Wildman–Crippen LogP) is 2.46. The van der Waals surface area contributed by atoms with Crippen LogP contribution in [0.3, 0.4) is 0 Å². The monoisotopic (exact) mass is 234 g/mol. The van der Waals surface area contributed by atoms with E-state index < -0.39 is 0 Å². The van der Waals surface area contributed by atoms with Crippen LogP contribution < -0.4 is 10.2 Å². The Morgan fingerprint density at radius 2 is 2.00 bits per heavy atom. The van der Waals surface area contributed by atoms with Crippen molar-refractivity contribution in [2.45, 2.75) is 39.0 Å². The van der Waals surface area contributed by atoms with E-state index in [1.165, 1.54) is 19.3 Å². The van der Waals surface area contributed by atoms with Crippen LogP contribution in [0.15, 0.2) is 6.07 Å². The summed E-state index contributed by atoms with van der Waals surface area (Å²) in [7, 11) is 1.91. The Hall–Kier alpha value is -1.32.